The van der Waals surface area contributed by atoms with E-state index in [-0.39, 0.29) is 18.1 Å². The van der Waals surface area contributed by atoms with Gasteiger partial charge in [0.2, 0.25) is 0 Å². The predicted octanol–water partition coefficient (Wildman–Crippen LogP) is 2.07. The Morgan fingerprint density at radius 3 is 3.04 bits per heavy atom. The molecule has 1 aliphatic heterocycles. The molecule has 2 aromatic heterocycles. The molecule has 0 unspecified atom stereocenters. The summed E-state index contributed by atoms with van der Waals surface area (Å²) in [4.78, 5) is 12.6. The Bertz CT molecular complexity index is 720. The minimum Gasteiger partial charge on any atom is -0.379 e. The summed E-state index contributed by atoms with van der Waals surface area (Å²) in [5.74, 6) is 0.612. The van der Waals surface area contributed by atoms with E-state index in [0.29, 0.717) is 25.4 Å². The van der Waals surface area contributed by atoms with Crippen LogP contribution in [0, 0.1) is 13.8 Å². The van der Waals surface area contributed by atoms with E-state index in [1.54, 1.807) is 6.20 Å². The topological polar surface area (TPSA) is 102 Å². The summed E-state index contributed by atoms with van der Waals surface area (Å²) < 4.78 is 16.8. The van der Waals surface area contributed by atoms with Gasteiger partial charge in [-0.15, -0.1) is 0 Å². The maximum absolute atomic E-state index is 12.6. The van der Waals surface area contributed by atoms with Gasteiger partial charge in [-0.25, -0.2) is 0 Å². The van der Waals surface area contributed by atoms with Crippen LogP contribution in [0.25, 0.3) is 0 Å². The third-order valence-electron chi connectivity index (χ3n) is 4.70. The van der Waals surface area contributed by atoms with Crippen LogP contribution < -0.4 is 5.32 Å². The molecule has 3 heterocycles. The molecule has 26 heavy (non-hydrogen) atoms. The van der Waals surface area contributed by atoms with E-state index in [0.717, 1.165) is 42.0 Å². The molecule has 0 spiro atoms. The smallest absolute Gasteiger partial charge is 0.255 e. The Morgan fingerprint density at radius 1 is 1.46 bits per heavy atom. The number of carbonyl (C=O) groups is 1. The van der Waals surface area contributed by atoms with Crippen LogP contribution in [-0.4, -0.2) is 46.6 Å². The zero-order valence-electron chi connectivity index (χ0n) is 15.5. The Morgan fingerprint density at radius 2 is 2.31 bits per heavy atom. The molecule has 2 atom stereocenters. The lowest BCUT2D eigenvalue weighted by Crippen LogP contribution is -2.50. The van der Waals surface area contributed by atoms with Crippen molar-refractivity contribution in [1.82, 2.24) is 20.7 Å². The highest BCUT2D eigenvalue weighted by Crippen LogP contribution is 2.19. The predicted molar refractivity (Wildman–Crippen MR) is 93.8 cm³/mol. The Balaban J connectivity index is 1.63. The molecule has 1 fully saturated rings. The average Bonchev–Trinajstić information content (AvgIpc) is 3.22. The first-order valence-electron chi connectivity index (χ1n) is 9.04. The molecule has 0 bridgehead atoms. The summed E-state index contributed by atoms with van der Waals surface area (Å²) in [6, 6.07) is -0.207. The second-order valence-electron chi connectivity index (χ2n) is 6.61. The molecule has 3 rings (SSSR count). The fourth-order valence-electron chi connectivity index (χ4n) is 3.15. The van der Waals surface area contributed by atoms with Gasteiger partial charge in [0.05, 0.1) is 42.8 Å². The summed E-state index contributed by atoms with van der Waals surface area (Å²) in [5.41, 5.74) is 3.23. The number of rotatable bonds is 7. The van der Waals surface area contributed by atoms with E-state index in [1.807, 2.05) is 13.8 Å². The molecule has 1 saturated heterocycles. The zero-order valence-corrected chi connectivity index (χ0v) is 15.5. The second-order valence-corrected chi connectivity index (χ2v) is 6.61. The number of nitrogens with one attached hydrogen (secondary N) is 2. The monoisotopic (exact) mass is 362 g/mol. The van der Waals surface area contributed by atoms with Gasteiger partial charge in [-0.05, 0) is 26.7 Å². The molecular weight excluding hydrogens is 336 g/mol. The molecule has 0 aromatic carbocycles. The number of aromatic amines is 1. The van der Waals surface area contributed by atoms with Crippen molar-refractivity contribution in [2.24, 2.45) is 0 Å². The maximum Gasteiger partial charge on any atom is 0.255 e. The fraction of sp³-hybridized carbons (Fsp3) is 0.611. The van der Waals surface area contributed by atoms with E-state index in [9.17, 15) is 4.79 Å². The molecule has 8 nitrogen and oxygen atoms in total. The van der Waals surface area contributed by atoms with Crippen LogP contribution in [0.4, 0.5) is 0 Å². The Hall–Kier alpha value is -2.19. The van der Waals surface area contributed by atoms with Crippen molar-refractivity contribution in [2.45, 2.75) is 58.8 Å². The van der Waals surface area contributed by atoms with Crippen molar-refractivity contribution in [1.29, 1.82) is 0 Å². The van der Waals surface area contributed by atoms with E-state index < -0.39 is 0 Å². The number of carbonyl (C=O) groups excluding carboxylic acids is 1. The highest BCUT2D eigenvalue weighted by atomic mass is 16.5. The molecule has 142 valence electrons. The van der Waals surface area contributed by atoms with Crippen molar-refractivity contribution in [2.75, 3.05) is 13.2 Å². The van der Waals surface area contributed by atoms with E-state index in [1.165, 1.54) is 0 Å². The highest BCUT2D eigenvalue weighted by Gasteiger charge is 2.29. The number of aromatic nitrogens is 3. The van der Waals surface area contributed by atoms with E-state index >= 15 is 0 Å². The van der Waals surface area contributed by atoms with Crippen LogP contribution in [-0.2, 0) is 22.5 Å². The van der Waals surface area contributed by atoms with Crippen LogP contribution in [0.15, 0.2) is 10.7 Å². The van der Waals surface area contributed by atoms with Crippen LogP contribution in [0.2, 0.25) is 0 Å². The minimum absolute atomic E-state index is 0.122. The number of ether oxygens (including phenoxy) is 2. The molecule has 2 aromatic rings. The van der Waals surface area contributed by atoms with Gasteiger partial charge in [-0.1, -0.05) is 18.5 Å². The first-order chi connectivity index (χ1) is 12.6. The van der Waals surface area contributed by atoms with Gasteiger partial charge < -0.3 is 19.3 Å². The molecule has 0 saturated carbocycles. The first-order valence-corrected chi connectivity index (χ1v) is 9.04. The standard InChI is InChI=1S/C18H26N4O4/c1-4-5-15-13(8-19-21-15)18(23)20-16-10-24-7-6-17(16)25-9-14-11(2)22-26-12(14)3/h8,16-17H,4-7,9-10H2,1-3H3,(H,19,21)(H,20,23)/t16-,17+/m1/s1. The van der Waals surface area contributed by atoms with Gasteiger partial charge in [-0.2, -0.15) is 5.10 Å². The summed E-state index contributed by atoms with van der Waals surface area (Å²) >= 11 is 0. The number of aryl methyl sites for hydroxylation is 3. The Labute approximate surface area is 152 Å². The van der Waals surface area contributed by atoms with Crippen molar-refractivity contribution >= 4 is 5.91 Å². The molecule has 0 aliphatic carbocycles. The van der Waals surface area contributed by atoms with Gasteiger partial charge in [0.15, 0.2) is 0 Å². The van der Waals surface area contributed by atoms with Crippen LogP contribution >= 0.6 is 0 Å². The number of H-pyrrole nitrogens is 1. The van der Waals surface area contributed by atoms with Crippen LogP contribution in [0.3, 0.4) is 0 Å². The molecule has 2 N–H and O–H groups in total. The summed E-state index contributed by atoms with van der Waals surface area (Å²) in [5, 5.41) is 13.9. The van der Waals surface area contributed by atoms with Gasteiger partial charge in [0.25, 0.3) is 5.91 Å². The quantitative estimate of drug-likeness (QED) is 0.782. The minimum atomic E-state index is -0.207. The van der Waals surface area contributed by atoms with Gasteiger partial charge in [-0.3, -0.25) is 9.89 Å². The van der Waals surface area contributed by atoms with Crippen molar-refractivity contribution < 1.29 is 18.8 Å². The fourth-order valence-corrected chi connectivity index (χ4v) is 3.15. The summed E-state index contributed by atoms with van der Waals surface area (Å²) in [7, 11) is 0. The first kappa shape index (κ1) is 18.6. The lowest BCUT2D eigenvalue weighted by Gasteiger charge is -2.32. The highest BCUT2D eigenvalue weighted by molar-refractivity contribution is 5.95. The average molecular weight is 362 g/mol. The molecule has 0 radical (unpaired) electrons. The van der Waals surface area contributed by atoms with Gasteiger partial charge >= 0.3 is 0 Å². The zero-order chi connectivity index (χ0) is 18.5. The number of nitrogens with zero attached hydrogens (tertiary/aromatic N) is 2. The van der Waals surface area contributed by atoms with Gasteiger partial charge in [0, 0.05) is 17.9 Å². The number of hydrogen-bond donors (Lipinski definition) is 2. The van der Waals surface area contributed by atoms with Crippen LogP contribution in [0.1, 0.15) is 52.8 Å². The third kappa shape index (κ3) is 4.13. The SMILES string of the molecule is CCCc1[nH]ncc1C(=O)N[C@@H]1COCC[C@@H]1OCc1c(C)noc1C. The summed E-state index contributed by atoms with van der Waals surface area (Å²) in [6.45, 7) is 7.29. The molecule has 1 amide bonds. The lowest BCUT2D eigenvalue weighted by atomic mass is 10.1. The number of hydrogen-bond acceptors (Lipinski definition) is 6. The van der Waals surface area contributed by atoms with Crippen LogP contribution in [0.5, 0.6) is 0 Å². The molecular formula is C18H26N4O4. The molecule has 1 aliphatic rings. The lowest BCUT2D eigenvalue weighted by molar-refractivity contribution is -0.0608. The van der Waals surface area contributed by atoms with Gasteiger partial charge in [0.1, 0.15) is 5.76 Å². The molecule has 8 heteroatoms. The summed E-state index contributed by atoms with van der Waals surface area (Å²) in [6.07, 6.45) is 3.90. The van der Waals surface area contributed by atoms with E-state index in [2.05, 4.69) is 27.6 Å². The number of amides is 1. The maximum atomic E-state index is 12.6. The van der Waals surface area contributed by atoms with Crippen molar-refractivity contribution in [3.05, 3.63) is 34.5 Å². The Kier molecular flexibility index (Phi) is 6.05. The second kappa shape index (κ2) is 8.46. The normalized spacial score (nSPS) is 20.3. The third-order valence-corrected chi connectivity index (χ3v) is 4.70. The van der Waals surface area contributed by atoms with Crippen molar-refractivity contribution in [3.63, 3.8) is 0 Å². The van der Waals surface area contributed by atoms with Crippen molar-refractivity contribution in [3.8, 4) is 0 Å². The largest absolute Gasteiger partial charge is 0.379 e. The van der Waals surface area contributed by atoms with E-state index in [4.69, 9.17) is 14.0 Å².